The minimum absolute atomic E-state index is 0.0842. The van der Waals surface area contributed by atoms with Gasteiger partial charge in [-0.3, -0.25) is 4.79 Å². The van der Waals surface area contributed by atoms with Gasteiger partial charge in [-0.1, -0.05) is 6.07 Å². The van der Waals surface area contributed by atoms with E-state index in [1.807, 2.05) is 12.1 Å². The number of carbonyl (C=O) groups excluding carboxylic acids is 1. The number of ketones is 1. The smallest absolute Gasteiger partial charge is 0.214 e. The number of hydrogen-bond donors (Lipinski definition) is 1. The summed E-state index contributed by atoms with van der Waals surface area (Å²) >= 11 is 0. The van der Waals surface area contributed by atoms with E-state index in [0.717, 1.165) is 10.9 Å². The number of benzene rings is 1. The van der Waals surface area contributed by atoms with Crippen LogP contribution in [0.4, 0.5) is 4.39 Å². The van der Waals surface area contributed by atoms with Crippen LogP contribution in [-0.4, -0.2) is 25.0 Å². The van der Waals surface area contributed by atoms with E-state index in [4.69, 9.17) is 4.42 Å². The van der Waals surface area contributed by atoms with Gasteiger partial charge in [0.05, 0.1) is 6.04 Å². The second-order valence-electron chi connectivity index (χ2n) is 4.84. The second-order valence-corrected chi connectivity index (χ2v) is 4.84. The minimum Gasteiger partial charge on any atom is -0.453 e. The van der Waals surface area contributed by atoms with Crippen molar-refractivity contribution in [2.45, 2.75) is 32.5 Å². The van der Waals surface area contributed by atoms with Gasteiger partial charge in [-0.2, -0.15) is 0 Å². The number of carbonyl (C=O) groups is 1. The Morgan fingerprint density at radius 2 is 2.11 bits per heavy atom. The van der Waals surface area contributed by atoms with E-state index in [9.17, 15) is 9.18 Å². The molecule has 2 aromatic rings. The van der Waals surface area contributed by atoms with Crippen LogP contribution in [0.2, 0.25) is 0 Å². The Labute approximate surface area is 111 Å². The van der Waals surface area contributed by atoms with Gasteiger partial charge in [-0.15, -0.1) is 0 Å². The third-order valence-electron chi connectivity index (χ3n) is 3.17. The Morgan fingerprint density at radius 3 is 2.74 bits per heavy atom. The van der Waals surface area contributed by atoms with Crippen molar-refractivity contribution in [2.75, 3.05) is 7.05 Å². The Balaban J connectivity index is 2.32. The number of Topliss-reactive ketones (excluding diaryl/α,β-unsaturated/α-hetero) is 1. The number of hydrogen-bond acceptors (Lipinski definition) is 3. The molecule has 0 saturated heterocycles. The maximum atomic E-state index is 13.0. The minimum atomic E-state index is -0.880. The average Bonchev–Trinajstić information content (AvgIpc) is 2.79. The molecule has 4 heteroatoms. The predicted octanol–water partition coefficient (Wildman–Crippen LogP) is 3.12. The average molecular weight is 263 g/mol. The first-order valence-electron chi connectivity index (χ1n) is 6.39. The summed E-state index contributed by atoms with van der Waals surface area (Å²) in [5.74, 6) is 0.251. The zero-order chi connectivity index (χ0) is 14.0. The third-order valence-corrected chi connectivity index (χ3v) is 3.17. The first-order chi connectivity index (χ1) is 9.01. The summed E-state index contributed by atoms with van der Waals surface area (Å²) in [6.07, 6.45) is -0.508. The van der Waals surface area contributed by atoms with Crippen molar-refractivity contribution in [3.8, 4) is 0 Å². The standard InChI is InChI=1S/C15H18FNO2/c1-9(16)6-11-4-5-13-12(7-11)8-14(19-13)15(18)10(2)17-3/h4-5,7-10,17H,6H2,1-3H3/t9?,10-/m1/s1. The molecule has 0 saturated carbocycles. The highest BCUT2D eigenvalue weighted by atomic mass is 19.1. The Kier molecular flexibility index (Phi) is 4.00. The SMILES string of the molecule is CN[C@H](C)C(=O)c1cc2cc(CC(C)F)ccc2o1. The Bertz CT molecular complexity index is 589. The molecule has 0 aliphatic heterocycles. The molecule has 1 heterocycles. The van der Waals surface area contributed by atoms with Crippen LogP contribution in [0.25, 0.3) is 11.0 Å². The zero-order valence-electron chi connectivity index (χ0n) is 11.4. The van der Waals surface area contributed by atoms with Crippen molar-refractivity contribution in [1.29, 1.82) is 0 Å². The van der Waals surface area contributed by atoms with E-state index >= 15 is 0 Å². The zero-order valence-corrected chi connectivity index (χ0v) is 11.4. The van der Waals surface area contributed by atoms with Gasteiger partial charge in [0.1, 0.15) is 11.8 Å². The maximum absolute atomic E-state index is 13.0. The van der Waals surface area contributed by atoms with Crippen molar-refractivity contribution in [3.05, 3.63) is 35.6 Å². The number of rotatable bonds is 5. The first kappa shape index (κ1) is 13.7. The summed E-state index contributed by atoms with van der Waals surface area (Å²) in [5, 5.41) is 3.72. The number of nitrogens with one attached hydrogen (secondary N) is 1. The maximum Gasteiger partial charge on any atom is 0.214 e. The number of alkyl halides is 1. The van der Waals surface area contributed by atoms with E-state index in [1.54, 1.807) is 26.1 Å². The fourth-order valence-electron chi connectivity index (χ4n) is 2.01. The number of furan rings is 1. The lowest BCUT2D eigenvalue weighted by Crippen LogP contribution is -2.30. The van der Waals surface area contributed by atoms with E-state index in [2.05, 4.69) is 5.32 Å². The molecule has 102 valence electrons. The molecule has 0 aliphatic rings. The topological polar surface area (TPSA) is 42.2 Å². The molecule has 2 atom stereocenters. The molecule has 0 radical (unpaired) electrons. The summed E-state index contributed by atoms with van der Waals surface area (Å²) in [6, 6.07) is 6.92. The van der Waals surface area contributed by atoms with E-state index in [-0.39, 0.29) is 11.8 Å². The van der Waals surface area contributed by atoms with Gasteiger partial charge in [-0.05, 0) is 44.7 Å². The van der Waals surface area contributed by atoms with Crippen LogP contribution in [0.3, 0.4) is 0 Å². The lowest BCUT2D eigenvalue weighted by atomic mass is 10.1. The van der Waals surface area contributed by atoms with Crippen LogP contribution in [0.5, 0.6) is 0 Å². The van der Waals surface area contributed by atoms with Gasteiger partial charge in [0.2, 0.25) is 5.78 Å². The summed E-state index contributed by atoms with van der Waals surface area (Å²) in [7, 11) is 1.73. The van der Waals surface area contributed by atoms with Crippen LogP contribution in [0.15, 0.2) is 28.7 Å². The van der Waals surface area contributed by atoms with Crippen LogP contribution >= 0.6 is 0 Å². The van der Waals surface area contributed by atoms with Crippen molar-refractivity contribution in [3.63, 3.8) is 0 Å². The monoisotopic (exact) mass is 263 g/mol. The normalized spacial score (nSPS) is 14.5. The molecule has 1 N–H and O–H groups in total. The molecule has 1 aromatic carbocycles. The second kappa shape index (κ2) is 5.53. The highest BCUT2D eigenvalue weighted by Crippen LogP contribution is 2.22. The van der Waals surface area contributed by atoms with Crippen LogP contribution in [-0.2, 0) is 6.42 Å². The van der Waals surface area contributed by atoms with E-state index < -0.39 is 6.17 Å². The quantitative estimate of drug-likeness (QED) is 0.843. The van der Waals surface area contributed by atoms with Crippen molar-refractivity contribution < 1.29 is 13.6 Å². The van der Waals surface area contributed by atoms with Gasteiger partial charge in [0.15, 0.2) is 5.76 Å². The molecule has 0 fully saturated rings. The molecule has 2 rings (SSSR count). The van der Waals surface area contributed by atoms with Crippen molar-refractivity contribution >= 4 is 16.8 Å². The molecule has 1 unspecified atom stereocenters. The van der Waals surface area contributed by atoms with Gasteiger partial charge in [0, 0.05) is 11.8 Å². The molecular weight excluding hydrogens is 245 g/mol. The Hall–Kier alpha value is -1.68. The van der Waals surface area contributed by atoms with Gasteiger partial charge in [0.25, 0.3) is 0 Å². The molecule has 19 heavy (non-hydrogen) atoms. The number of halogens is 1. The molecule has 0 aliphatic carbocycles. The molecule has 1 aromatic heterocycles. The lowest BCUT2D eigenvalue weighted by Gasteiger charge is -2.05. The van der Waals surface area contributed by atoms with Crippen molar-refractivity contribution in [2.24, 2.45) is 0 Å². The fraction of sp³-hybridized carbons (Fsp3) is 0.400. The molecule has 3 nitrogen and oxygen atoms in total. The van der Waals surface area contributed by atoms with E-state index in [1.165, 1.54) is 6.92 Å². The molecule has 0 spiro atoms. The van der Waals surface area contributed by atoms with Gasteiger partial charge >= 0.3 is 0 Å². The number of fused-ring (bicyclic) bond motifs is 1. The molecule has 0 bridgehead atoms. The molecular formula is C15H18FNO2. The largest absolute Gasteiger partial charge is 0.453 e. The van der Waals surface area contributed by atoms with Crippen molar-refractivity contribution in [1.82, 2.24) is 5.32 Å². The lowest BCUT2D eigenvalue weighted by molar-refractivity contribution is 0.0929. The predicted molar refractivity (Wildman–Crippen MR) is 73.3 cm³/mol. The fourth-order valence-corrected chi connectivity index (χ4v) is 2.01. The highest BCUT2D eigenvalue weighted by Gasteiger charge is 2.18. The summed E-state index contributed by atoms with van der Waals surface area (Å²) in [6.45, 7) is 3.31. The first-order valence-corrected chi connectivity index (χ1v) is 6.39. The van der Waals surface area contributed by atoms with Crippen LogP contribution in [0.1, 0.15) is 30.0 Å². The molecule has 0 amide bonds. The summed E-state index contributed by atoms with van der Waals surface area (Å²) in [5.41, 5.74) is 1.56. The summed E-state index contributed by atoms with van der Waals surface area (Å²) < 4.78 is 18.5. The Morgan fingerprint density at radius 1 is 1.37 bits per heavy atom. The van der Waals surface area contributed by atoms with Gasteiger partial charge in [-0.25, -0.2) is 4.39 Å². The summed E-state index contributed by atoms with van der Waals surface area (Å²) in [4.78, 5) is 12.0. The number of likely N-dealkylation sites (N-methyl/N-ethyl adjacent to an activating group) is 1. The van der Waals surface area contributed by atoms with Crippen LogP contribution in [0, 0.1) is 0 Å². The van der Waals surface area contributed by atoms with Gasteiger partial charge < -0.3 is 9.73 Å². The van der Waals surface area contributed by atoms with E-state index in [0.29, 0.717) is 17.8 Å². The third kappa shape index (κ3) is 3.01. The van der Waals surface area contributed by atoms with Crippen LogP contribution < -0.4 is 5.32 Å². The highest BCUT2D eigenvalue weighted by molar-refractivity contribution is 6.00.